The van der Waals surface area contributed by atoms with E-state index >= 15 is 0 Å². The summed E-state index contributed by atoms with van der Waals surface area (Å²) in [5, 5.41) is 5.58. The van der Waals surface area contributed by atoms with Crippen LogP contribution in [0.5, 0.6) is 0 Å². The molecule has 64 valence electrons. The molecule has 1 aliphatic rings. The van der Waals surface area contributed by atoms with Crippen molar-refractivity contribution in [3.8, 4) is 0 Å². The zero-order valence-corrected chi connectivity index (χ0v) is 7.57. The first kappa shape index (κ1) is 7.61. The Morgan fingerprint density at radius 1 is 1.58 bits per heavy atom. The second kappa shape index (κ2) is 2.79. The highest BCUT2D eigenvalue weighted by atomic mass is 32.1. The van der Waals surface area contributed by atoms with Gasteiger partial charge in [-0.05, 0) is 19.1 Å². The quantitative estimate of drug-likeness (QED) is 0.677. The van der Waals surface area contributed by atoms with Gasteiger partial charge in [-0.2, -0.15) is 0 Å². The summed E-state index contributed by atoms with van der Waals surface area (Å²) in [4.78, 5) is 13.3. The van der Waals surface area contributed by atoms with Crippen LogP contribution >= 0.6 is 11.3 Å². The third-order valence-corrected chi connectivity index (χ3v) is 2.99. The first-order valence-corrected chi connectivity index (χ1v) is 4.68. The van der Waals surface area contributed by atoms with E-state index in [0.717, 1.165) is 0 Å². The van der Waals surface area contributed by atoms with Gasteiger partial charge >= 0.3 is 6.03 Å². The number of thiophene rings is 1. The van der Waals surface area contributed by atoms with E-state index in [9.17, 15) is 4.79 Å². The highest BCUT2D eigenvalue weighted by Crippen LogP contribution is 2.23. The fraction of sp³-hybridized carbons (Fsp3) is 0.375. The number of aryl methyl sites for hydroxylation is 1. The predicted octanol–water partition coefficient (Wildman–Crippen LogP) is 1.41. The Balaban J connectivity index is 2.15. The molecule has 0 aliphatic carbocycles. The van der Waals surface area contributed by atoms with Gasteiger partial charge in [0.25, 0.3) is 0 Å². The zero-order valence-electron chi connectivity index (χ0n) is 6.76. The summed E-state index contributed by atoms with van der Waals surface area (Å²) < 4.78 is 0. The number of hydrogen-bond acceptors (Lipinski definition) is 2. The first-order valence-electron chi connectivity index (χ1n) is 3.86. The van der Waals surface area contributed by atoms with Crippen molar-refractivity contribution in [2.24, 2.45) is 0 Å². The van der Waals surface area contributed by atoms with Crippen molar-refractivity contribution in [1.29, 1.82) is 0 Å². The average molecular weight is 182 g/mol. The number of hydrogen-bond donors (Lipinski definition) is 2. The number of amides is 2. The lowest BCUT2D eigenvalue weighted by Crippen LogP contribution is -2.21. The molecule has 0 unspecified atom stereocenters. The standard InChI is InChI=1S/C8H10N2OS/c1-5-2-3-7(12-5)6-4-9-8(11)10-6/h2-3,6H,4H2,1H3,(H2,9,10,11)/t6-/m0/s1. The summed E-state index contributed by atoms with van der Waals surface area (Å²) >= 11 is 1.73. The lowest BCUT2D eigenvalue weighted by molar-refractivity contribution is 0.247. The molecule has 1 atom stereocenters. The Bertz CT molecular complexity index is 308. The molecule has 2 N–H and O–H groups in total. The lowest BCUT2D eigenvalue weighted by Gasteiger charge is -2.03. The molecule has 0 saturated carbocycles. The topological polar surface area (TPSA) is 41.1 Å². The van der Waals surface area contributed by atoms with E-state index in [-0.39, 0.29) is 12.1 Å². The molecule has 4 heteroatoms. The molecule has 0 bridgehead atoms. The molecular weight excluding hydrogens is 172 g/mol. The maximum Gasteiger partial charge on any atom is 0.315 e. The second-order valence-electron chi connectivity index (χ2n) is 2.86. The van der Waals surface area contributed by atoms with Gasteiger partial charge in [-0.1, -0.05) is 0 Å². The van der Waals surface area contributed by atoms with Gasteiger partial charge in [0.1, 0.15) is 0 Å². The largest absolute Gasteiger partial charge is 0.336 e. The molecule has 2 heterocycles. The Morgan fingerprint density at radius 2 is 2.42 bits per heavy atom. The van der Waals surface area contributed by atoms with Gasteiger partial charge in [0.2, 0.25) is 0 Å². The summed E-state index contributed by atoms with van der Waals surface area (Å²) in [6.07, 6.45) is 0. The van der Waals surface area contributed by atoms with Crippen LogP contribution in [0.3, 0.4) is 0 Å². The molecule has 1 aliphatic heterocycles. The summed E-state index contributed by atoms with van der Waals surface area (Å²) in [5.74, 6) is 0. The second-order valence-corrected chi connectivity index (χ2v) is 4.17. The van der Waals surface area contributed by atoms with Gasteiger partial charge < -0.3 is 10.6 Å². The van der Waals surface area contributed by atoms with Crippen molar-refractivity contribution < 1.29 is 4.79 Å². The highest BCUT2D eigenvalue weighted by molar-refractivity contribution is 7.12. The molecule has 0 spiro atoms. The lowest BCUT2D eigenvalue weighted by atomic mass is 10.2. The van der Waals surface area contributed by atoms with E-state index < -0.39 is 0 Å². The van der Waals surface area contributed by atoms with Crippen molar-refractivity contribution >= 4 is 17.4 Å². The molecule has 2 amide bonds. The molecule has 1 saturated heterocycles. The fourth-order valence-electron chi connectivity index (χ4n) is 1.27. The third kappa shape index (κ3) is 1.30. The minimum Gasteiger partial charge on any atom is -0.336 e. The van der Waals surface area contributed by atoms with E-state index in [1.165, 1.54) is 9.75 Å². The van der Waals surface area contributed by atoms with Crippen LogP contribution in [0.4, 0.5) is 4.79 Å². The Labute approximate surface area is 74.8 Å². The van der Waals surface area contributed by atoms with Crippen LogP contribution in [0, 0.1) is 6.92 Å². The van der Waals surface area contributed by atoms with Crippen molar-refractivity contribution in [2.45, 2.75) is 13.0 Å². The Hall–Kier alpha value is -1.03. The minimum atomic E-state index is -0.0638. The van der Waals surface area contributed by atoms with Crippen LogP contribution in [-0.2, 0) is 0 Å². The molecule has 0 radical (unpaired) electrons. The van der Waals surface area contributed by atoms with Gasteiger partial charge in [-0.15, -0.1) is 11.3 Å². The Kier molecular flexibility index (Phi) is 1.77. The van der Waals surface area contributed by atoms with Crippen LogP contribution in [0.2, 0.25) is 0 Å². The normalized spacial score (nSPS) is 22.1. The fourth-order valence-corrected chi connectivity index (χ4v) is 2.20. The van der Waals surface area contributed by atoms with Gasteiger partial charge in [0.15, 0.2) is 0 Å². The average Bonchev–Trinajstić information content (AvgIpc) is 2.58. The predicted molar refractivity (Wildman–Crippen MR) is 48.3 cm³/mol. The van der Waals surface area contributed by atoms with Gasteiger partial charge in [-0.25, -0.2) is 4.79 Å². The monoisotopic (exact) mass is 182 g/mol. The van der Waals surface area contributed by atoms with E-state index in [4.69, 9.17) is 0 Å². The number of rotatable bonds is 1. The summed E-state index contributed by atoms with van der Waals surface area (Å²) in [5.41, 5.74) is 0. The van der Waals surface area contributed by atoms with Crippen LogP contribution in [0.15, 0.2) is 12.1 Å². The van der Waals surface area contributed by atoms with Gasteiger partial charge in [-0.3, -0.25) is 0 Å². The van der Waals surface area contributed by atoms with Crippen molar-refractivity contribution in [1.82, 2.24) is 10.6 Å². The molecule has 3 nitrogen and oxygen atoms in total. The van der Waals surface area contributed by atoms with E-state index in [1.54, 1.807) is 11.3 Å². The van der Waals surface area contributed by atoms with Crippen LogP contribution in [0.1, 0.15) is 15.8 Å². The number of nitrogens with one attached hydrogen (secondary N) is 2. The maximum atomic E-state index is 10.8. The molecule has 12 heavy (non-hydrogen) atoms. The van der Waals surface area contributed by atoms with E-state index in [0.29, 0.717) is 6.54 Å². The Morgan fingerprint density at radius 3 is 2.92 bits per heavy atom. The third-order valence-electron chi connectivity index (χ3n) is 1.88. The zero-order chi connectivity index (χ0) is 8.55. The molecule has 1 aromatic heterocycles. The van der Waals surface area contributed by atoms with Crippen LogP contribution < -0.4 is 10.6 Å². The number of carbonyl (C=O) groups excluding carboxylic acids is 1. The molecule has 1 aromatic rings. The maximum absolute atomic E-state index is 10.8. The van der Waals surface area contributed by atoms with Crippen molar-refractivity contribution in [3.05, 3.63) is 21.9 Å². The van der Waals surface area contributed by atoms with Crippen LogP contribution in [0.25, 0.3) is 0 Å². The SMILES string of the molecule is Cc1ccc([C@@H]2CNC(=O)N2)s1. The van der Waals surface area contributed by atoms with Crippen molar-refractivity contribution in [3.63, 3.8) is 0 Å². The summed E-state index contributed by atoms with van der Waals surface area (Å²) in [6.45, 7) is 2.77. The van der Waals surface area contributed by atoms with Gasteiger partial charge in [0, 0.05) is 16.3 Å². The van der Waals surface area contributed by atoms with Crippen molar-refractivity contribution in [2.75, 3.05) is 6.54 Å². The highest BCUT2D eigenvalue weighted by Gasteiger charge is 2.22. The summed E-state index contributed by atoms with van der Waals surface area (Å²) in [6, 6.07) is 4.25. The molecule has 0 aromatic carbocycles. The smallest absolute Gasteiger partial charge is 0.315 e. The van der Waals surface area contributed by atoms with E-state index in [2.05, 4.69) is 29.7 Å². The van der Waals surface area contributed by atoms with Crippen LogP contribution in [-0.4, -0.2) is 12.6 Å². The molecule has 2 rings (SSSR count). The van der Waals surface area contributed by atoms with Gasteiger partial charge in [0.05, 0.1) is 6.04 Å². The molecular formula is C8H10N2OS. The van der Waals surface area contributed by atoms with E-state index in [1.807, 2.05) is 0 Å². The summed E-state index contributed by atoms with van der Waals surface area (Å²) in [7, 11) is 0. The number of carbonyl (C=O) groups is 1. The molecule has 1 fully saturated rings. The first-order chi connectivity index (χ1) is 5.75. The minimum absolute atomic E-state index is 0.0638. The number of urea groups is 1.